The van der Waals surface area contributed by atoms with Gasteiger partial charge in [0, 0.05) is 58.3 Å². The molecule has 0 aromatic carbocycles. The lowest BCUT2D eigenvalue weighted by atomic mass is 10.9. The summed E-state index contributed by atoms with van der Waals surface area (Å²) in [6, 6.07) is 0. The van der Waals surface area contributed by atoms with Crippen molar-refractivity contribution in [2.24, 2.45) is 21.1 Å². The van der Waals surface area contributed by atoms with Gasteiger partial charge in [-0.1, -0.05) is 11.1 Å². The second kappa shape index (κ2) is 5.71. The summed E-state index contributed by atoms with van der Waals surface area (Å²) in [4.78, 5) is 0. The molecule has 0 N–H and O–H groups in total. The van der Waals surface area contributed by atoms with Crippen molar-refractivity contribution in [2.75, 3.05) is 0 Å². The maximum atomic E-state index is 7.26. The van der Waals surface area contributed by atoms with Gasteiger partial charge in [0.25, 0.3) is 0 Å². The molecule has 0 aliphatic carbocycles. The Labute approximate surface area is 154 Å². The van der Waals surface area contributed by atoms with Crippen LogP contribution in [0.3, 0.4) is 0 Å². The zero-order chi connectivity index (χ0) is 16.9. The summed E-state index contributed by atoms with van der Waals surface area (Å²) in [7, 11) is 2.56. The molecule has 0 saturated carbocycles. The Kier molecular flexibility index (Phi) is 4.13. The van der Waals surface area contributed by atoms with Crippen molar-refractivity contribution in [3.63, 3.8) is 0 Å². The zero-order valence-corrected chi connectivity index (χ0v) is 17.0. The van der Waals surface area contributed by atoms with Crippen LogP contribution in [0.1, 0.15) is 0 Å². The van der Waals surface area contributed by atoms with E-state index < -0.39 is 7.87 Å². The summed E-state index contributed by atoms with van der Waals surface area (Å²) in [5.41, 5.74) is 0. The first-order valence-corrected chi connectivity index (χ1v) is 10.8. The second-order valence-electron chi connectivity index (χ2n) is 5.24. The normalized spacial score (nSPS) is 12.0. The molecule has 23 heavy (non-hydrogen) atoms. The number of nitrogens with zero attached hydrogens (tertiary/aromatic N) is 6. The first kappa shape index (κ1) is 16.6. The molecule has 0 spiro atoms. The van der Waals surface area contributed by atoms with Gasteiger partial charge >= 0.3 is 7.87 Å². The van der Waals surface area contributed by atoms with Gasteiger partial charge in [0.1, 0.15) is 0 Å². The van der Waals surface area contributed by atoms with Crippen LogP contribution in [0.25, 0.3) is 0 Å². The minimum atomic E-state index is -3.10. The van der Waals surface area contributed by atoms with E-state index in [1.54, 1.807) is 0 Å². The van der Waals surface area contributed by atoms with E-state index in [-0.39, 0.29) is 0 Å². The van der Waals surface area contributed by atoms with Crippen molar-refractivity contribution in [1.82, 2.24) is 26.4 Å². The van der Waals surface area contributed by atoms with Crippen molar-refractivity contribution in [2.45, 2.75) is 0 Å². The average Bonchev–Trinajstić information content (AvgIpc) is 3.14. The van der Waals surface area contributed by atoms with Crippen molar-refractivity contribution in [3.05, 3.63) is 51.5 Å². The average molecular weight is 403 g/mol. The SMILES string of the molecule is Cn1ccn([Si](Cl)(n2ccn(C)c2=S)n2ccn(C)c2=S)c1=S. The molecule has 0 saturated heterocycles. The van der Waals surface area contributed by atoms with Crippen LogP contribution in [0.15, 0.2) is 37.2 Å². The third kappa shape index (κ3) is 2.36. The lowest BCUT2D eigenvalue weighted by Crippen LogP contribution is -2.53. The number of hydrogen-bond donors (Lipinski definition) is 0. The molecule has 122 valence electrons. The van der Waals surface area contributed by atoms with Crippen LogP contribution >= 0.6 is 47.7 Å². The summed E-state index contributed by atoms with van der Waals surface area (Å²) in [5.74, 6) is 0. The molecule has 0 amide bonds. The summed E-state index contributed by atoms with van der Waals surface area (Å²) in [6.07, 6.45) is 11.3. The number of halogens is 1. The minimum absolute atomic E-state index is 0.614. The first-order chi connectivity index (χ1) is 10.8. The molecule has 0 aliphatic rings. The van der Waals surface area contributed by atoms with Gasteiger partial charge in [0.15, 0.2) is 14.3 Å². The van der Waals surface area contributed by atoms with E-state index >= 15 is 0 Å². The topological polar surface area (TPSA) is 29.6 Å². The Balaban J connectivity index is 2.44. The quantitative estimate of drug-likeness (QED) is 0.383. The highest BCUT2D eigenvalue weighted by Gasteiger charge is 2.43. The van der Waals surface area contributed by atoms with Gasteiger partial charge in [0.2, 0.25) is 0 Å². The maximum Gasteiger partial charge on any atom is 0.503 e. The van der Waals surface area contributed by atoms with Crippen molar-refractivity contribution in [3.8, 4) is 0 Å². The van der Waals surface area contributed by atoms with Gasteiger partial charge in [-0.05, 0) is 36.7 Å². The lowest BCUT2D eigenvalue weighted by molar-refractivity contribution is 0.811. The Morgan fingerprint density at radius 3 is 1.09 bits per heavy atom. The number of aromatic nitrogens is 6. The fraction of sp³-hybridized carbons (Fsp3) is 0.250. The fourth-order valence-electron chi connectivity index (χ4n) is 2.39. The van der Waals surface area contributed by atoms with E-state index in [1.165, 1.54) is 0 Å². The van der Waals surface area contributed by atoms with E-state index in [2.05, 4.69) is 0 Å². The Hall–Kier alpha value is -1.20. The molecule has 0 bridgehead atoms. The summed E-state index contributed by atoms with van der Waals surface area (Å²) >= 11 is 23.9. The predicted molar refractivity (Wildman–Crippen MR) is 101 cm³/mol. The summed E-state index contributed by atoms with van der Waals surface area (Å²) in [6.45, 7) is 0. The van der Waals surface area contributed by atoms with Gasteiger partial charge in [-0.3, -0.25) is 0 Å². The van der Waals surface area contributed by atoms with Crippen LogP contribution in [0.5, 0.6) is 0 Å². The maximum absolute atomic E-state index is 7.26. The van der Waals surface area contributed by atoms with E-state index in [0.29, 0.717) is 14.3 Å². The summed E-state index contributed by atoms with van der Waals surface area (Å²) < 4.78 is 13.1. The third-order valence-corrected chi connectivity index (χ3v) is 10.3. The predicted octanol–water partition coefficient (Wildman–Crippen LogP) is 2.91. The fourth-order valence-corrected chi connectivity index (χ4v) is 8.25. The molecule has 0 atom stereocenters. The third-order valence-electron chi connectivity index (χ3n) is 3.76. The molecule has 0 radical (unpaired) electrons. The highest BCUT2D eigenvalue weighted by atomic mass is 35.6. The zero-order valence-electron chi connectivity index (χ0n) is 12.8. The molecule has 3 aromatic rings. The molecule has 11 heteroatoms. The molecular weight excluding hydrogens is 388 g/mol. The molecule has 3 rings (SSSR count). The Morgan fingerprint density at radius 1 is 0.652 bits per heavy atom. The van der Waals surface area contributed by atoms with E-state index in [0.717, 1.165) is 0 Å². The monoisotopic (exact) mass is 402 g/mol. The highest BCUT2D eigenvalue weighted by molar-refractivity contribution is 7.72. The lowest BCUT2D eigenvalue weighted by Gasteiger charge is -2.27. The van der Waals surface area contributed by atoms with E-state index in [9.17, 15) is 0 Å². The Bertz CT molecular complexity index is 916. The Morgan fingerprint density at radius 2 is 0.913 bits per heavy atom. The largest absolute Gasteiger partial charge is 0.503 e. The first-order valence-electron chi connectivity index (χ1n) is 6.70. The number of rotatable bonds is 3. The number of hydrogen-bond acceptors (Lipinski definition) is 3. The van der Waals surface area contributed by atoms with Gasteiger partial charge < -0.3 is 26.4 Å². The number of aryl methyl sites for hydroxylation is 3. The van der Waals surface area contributed by atoms with E-state index in [1.807, 2.05) is 84.7 Å². The van der Waals surface area contributed by atoms with Crippen LogP contribution in [0.4, 0.5) is 0 Å². The highest BCUT2D eigenvalue weighted by Crippen LogP contribution is 2.22. The molecular formula is C12H15ClN6S3Si. The van der Waals surface area contributed by atoms with E-state index in [4.69, 9.17) is 47.7 Å². The molecule has 3 aromatic heterocycles. The van der Waals surface area contributed by atoms with Gasteiger partial charge in [-0.2, -0.15) is 0 Å². The van der Waals surface area contributed by atoms with Crippen LogP contribution in [0.2, 0.25) is 0 Å². The van der Waals surface area contributed by atoms with Crippen LogP contribution in [0, 0.1) is 14.3 Å². The summed E-state index contributed by atoms with van der Waals surface area (Å²) in [5, 5.41) is 0. The van der Waals surface area contributed by atoms with Gasteiger partial charge in [-0.25, -0.2) is 0 Å². The van der Waals surface area contributed by atoms with Gasteiger partial charge in [0.05, 0.1) is 0 Å². The minimum Gasteiger partial charge on any atom is -0.327 e. The van der Waals surface area contributed by atoms with Crippen molar-refractivity contribution >= 4 is 55.6 Å². The smallest absolute Gasteiger partial charge is 0.327 e. The molecule has 3 heterocycles. The second-order valence-corrected chi connectivity index (χ2v) is 10.4. The molecule has 0 aliphatic heterocycles. The van der Waals surface area contributed by atoms with Crippen molar-refractivity contribution < 1.29 is 0 Å². The standard InChI is InChI=1S/C12H15ClN6S3Si/c1-14-4-7-17(10(14)20)23(13,18-8-5-15(2)11(18)21)19-9-6-16(3)12(19)22/h4-9H,1-3H3. The van der Waals surface area contributed by atoms with Crippen molar-refractivity contribution in [1.29, 1.82) is 0 Å². The number of imidazole rings is 3. The van der Waals surface area contributed by atoms with Gasteiger partial charge in [-0.15, -0.1) is 0 Å². The van der Waals surface area contributed by atoms with Crippen LogP contribution < -0.4 is 0 Å². The molecule has 6 nitrogen and oxygen atoms in total. The van der Waals surface area contributed by atoms with Crippen LogP contribution in [-0.4, -0.2) is 34.3 Å². The molecule has 0 unspecified atom stereocenters. The van der Waals surface area contributed by atoms with Crippen LogP contribution in [-0.2, 0) is 21.1 Å². The molecule has 0 fully saturated rings.